The quantitative estimate of drug-likeness (QED) is 0.113. The van der Waals surface area contributed by atoms with Crippen LogP contribution in [0.2, 0.25) is 0 Å². The van der Waals surface area contributed by atoms with E-state index in [0.717, 1.165) is 11.3 Å². The van der Waals surface area contributed by atoms with E-state index in [-0.39, 0.29) is 37.1 Å². The molecule has 2 aromatic heterocycles. The monoisotopic (exact) mass is 665 g/mol. The Morgan fingerprint density at radius 3 is 2.17 bits per heavy atom. The van der Waals surface area contributed by atoms with Gasteiger partial charge in [0.05, 0.1) is 5.76 Å². The molecule has 0 unspecified atom stereocenters. The molecule has 2 aliphatic carbocycles. The minimum absolute atomic E-state index is 0. The van der Waals surface area contributed by atoms with Gasteiger partial charge in [0.25, 0.3) is 0 Å². The topological polar surface area (TPSA) is 50.2 Å². The third kappa shape index (κ3) is 3.42. The SMILES string of the molecule is CC(=O)/C=C(/C)O.[Ir].[c-]1csc2c1-c1ncc3ccccc3c1C21c2ccccc2-c2ccccc21. The van der Waals surface area contributed by atoms with Gasteiger partial charge in [-0.15, -0.1) is 0 Å². The summed E-state index contributed by atoms with van der Waals surface area (Å²) in [6.45, 7) is 2.85. The normalized spacial score (nSPS) is 13.7. The number of aliphatic hydroxyl groups excluding tert-OH is 1. The number of nitrogens with zero attached hydrogens (tertiary/aromatic N) is 1. The number of carbonyl (C=O) groups is 1. The smallest absolute Gasteiger partial charge is 0.155 e. The van der Waals surface area contributed by atoms with Gasteiger partial charge in [-0.3, -0.25) is 4.79 Å². The van der Waals surface area contributed by atoms with Gasteiger partial charge in [0.2, 0.25) is 0 Å². The maximum atomic E-state index is 10.0. The molecule has 5 aromatic rings. The second kappa shape index (κ2) is 9.25. The number of aliphatic hydroxyl groups is 1. The Labute approximate surface area is 227 Å². The van der Waals surface area contributed by atoms with Gasteiger partial charge < -0.3 is 10.1 Å². The molecule has 2 heterocycles. The van der Waals surface area contributed by atoms with Crippen molar-refractivity contribution >= 4 is 27.9 Å². The van der Waals surface area contributed by atoms with Crippen LogP contribution in [0.5, 0.6) is 0 Å². The Bertz CT molecular complexity index is 1620. The van der Waals surface area contributed by atoms with Gasteiger partial charge in [0, 0.05) is 37.8 Å². The zero-order valence-corrected chi connectivity index (χ0v) is 22.9. The van der Waals surface area contributed by atoms with Gasteiger partial charge in [0.1, 0.15) is 0 Å². The molecule has 0 saturated heterocycles. The Balaban J connectivity index is 0.000000297. The van der Waals surface area contributed by atoms with Crippen molar-refractivity contribution in [2.24, 2.45) is 0 Å². The van der Waals surface area contributed by atoms with Crippen LogP contribution in [0.1, 0.15) is 35.4 Å². The van der Waals surface area contributed by atoms with Gasteiger partial charge in [-0.1, -0.05) is 88.6 Å². The maximum Gasteiger partial charge on any atom is 0.155 e. The first-order valence-corrected chi connectivity index (χ1v) is 12.4. The van der Waals surface area contributed by atoms with Crippen LogP contribution >= 0.6 is 11.3 Å². The molecule has 0 fully saturated rings. The van der Waals surface area contributed by atoms with Gasteiger partial charge in [-0.05, 0) is 52.6 Å². The number of pyridine rings is 1. The molecule has 1 spiro atoms. The molecule has 0 bridgehead atoms. The molecule has 1 radical (unpaired) electrons. The average molecular weight is 665 g/mol. The van der Waals surface area contributed by atoms with E-state index in [0.29, 0.717) is 0 Å². The maximum absolute atomic E-state index is 10.0. The molecule has 0 atom stereocenters. The van der Waals surface area contributed by atoms with Crippen LogP contribution in [0.3, 0.4) is 0 Å². The molecule has 3 nitrogen and oxygen atoms in total. The minimum Gasteiger partial charge on any atom is -0.512 e. The first-order chi connectivity index (χ1) is 17.0. The number of aromatic nitrogens is 1. The molecule has 1 N–H and O–H groups in total. The fraction of sp³-hybridized carbons (Fsp3) is 0.0968. The fourth-order valence-electron chi connectivity index (χ4n) is 5.61. The van der Waals surface area contributed by atoms with Crippen molar-refractivity contribution in [2.45, 2.75) is 19.3 Å². The number of carbonyl (C=O) groups excluding carboxylic acids is 1. The van der Waals surface area contributed by atoms with Gasteiger partial charge in [-0.25, -0.2) is 11.3 Å². The molecule has 0 saturated carbocycles. The summed E-state index contributed by atoms with van der Waals surface area (Å²) >= 11 is 1.80. The number of fused-ring (bicyclic) bond motifs is 12. The number of ketones is 1. The van der Waals surface area contributed by atoms with E-state index in [1.54, 1.807) is 11.3 Å². The van der Waals surface area contributed by atoms with E-state index < -0.39 is 0 Å². The summed E-state index contributed by atoms with van der Waals surface area (Å²) in [5.41, 5.74) is 8.67. The second-order valence-electron chi connectivity index (χ2n) is 8.89. The Morgan fingerprint density at radius 1 is 0.944 bits per heavy atom. The van der Waals surface area contributed by atoms with Crippen molar-refractivity contribution in [2.75, 3.05) is 0 Å². The van der Waals surface area contributed by atoms with Crippen molar-refractivity contribution in [3.63, 3.8) is 0 Å². The molecule has 0 amide bonds. The van der Waals surface area contributed by atoms with Crippen LogP contribution in [0.25, 0.3) is 33.2 Å². The zero-order chi connectivity index (χ0) is 24.2. The second-order valence-corrected chi connectivity index (χ2v) is 9.77. The number of allylic oxidation sites excluding steroid dienone is 2. The van der Waals surface area contributed by atoms with E-state index in [9.17, 15) is 4.79 Å². The first-order valence-electron chi connectivity index (χ1n) is 11.5. The predicted molar refractivity (Wildman–Crippen MR) is 142 cm³/mol. The Kier molecular flexibility index (Phi) is 6.25. The molecule has 36 heavy (non-hydrogen) atoms. The minimum atomic E-state index is -0.295. The van der Waals surface area contributed by atoms with E-state index in [2.05, 4.69) is 84.2 Å². The van der Waals surface area contributed by atoms with Crippen LogP contribution in [-0.4, -0.2) is 15.9 Å². The van der Waals surface area contributed by atoms with Gasteiger partial charge in [-0.2, -0.15) is 11.6 Å². The average Bonchev–Trinajstić information content (AvgIpc) is 3.52. The number of hydrogen-bond donors (Lipinski definition) is 1. The number of hydrogen-bond acceptors (Lipinski definition) is 4. The zero-order valence-electron chi connectivity index (χ0n) is 19.7. The van der Waals surface area contributed by atoms with Crippen LogP contribution < -0.4 is 0 Å². The summed E-state index contributed by atoms with van der Waals surface area (Å²) in [6.07, 6.45) is 3.18. The third-order valence-corrected chi connectivity index (χ3v) is 7.71. The standard InChI is InChI=1S/C26H14NS.C5H8O2.Ir/c1-2-8-17-16(7-1)15-27-24-20-13-14-28-25(20)26(23(17)24)21-11-5-3-9-18(21)19-10-4-6-12-22(19)26;1-4(6)3-5(2)7;/h1-12,14-15H;3,6H,1-2H3;/q-1;;/b;4-3-;. The van der Waals surface area contributed by atoms with Gasteiger partial charge in [0.15, 0.2) is 5.78 Å². The summed E-state index contributed by atoms with van der Waals surface area (Å²) in [4.78, 5) is 16.3. The van der Waals surface area contributed by atoms with E-state index >= 15 is 0 Å². The fourth-order valence-corrected chi connectivity index (χ4v) is 6.68. The molecule has 3 aromatic carbocycles. The molecular weight excluding hydrogens is 643 g/mol. The van der Waals surface area contributed by atoms with Crippen molar-refractivity contribution in [3.8, 4) is 22.4 Å². The molecular formula is C31H22IrNO2S-. The van der Waals surface area contributed by atoms with Crippen molar-refractivity contribution in [3.05, 3.63) is 124 Å². The van der Waals surface area contributed by atoms with E-state index in [4.69, 9.17) is 10.1 Å². The van der Waals surface area contributed by atoms with E-state index in [1.165, 1.54) is 63.4 Å². The first kappa shape index (κ1) is 24.3. The Hall–Kier alpha value is -3.37. The van der Waals surface area contributed by atoms with Crippen LogP contribution in [0, 0.1) is 6.07 Å². The molecule has 0 aliphatic heterocycles. The van der Waals surface area contributed by atoms with Gasteiger partial charge >= 0.3 is 0 Å². The predicted octanol–water partition coefficient (Wildman–Crippen LogP) is 7.47. The number of benzene rings is 3. The largest absolute Gasteiger partial charge is 0.512 e. The summed E-state index contributed by atoms with van der Waals surface area (Å²) < 4.78 is 0. The number of thiophene rings is 1. The number of rotatable bonds is 1. The summed E-state index contributed by atoms with van der Waals surface area (Å²) in [5.74, 6) is -0.0625. The van der Waals surface area contributed by atoms with Crippen molar-refractivity contribution in [1.29, 1.82) is 0 Å². The molecule has 179 valence electrons. The summed E-state index contributed by atoms with van der Waals surface area (Å²) in [7, 11) is 0. The molecule has 5 heteroatoms. The molecule has 2 aliphatic rings. The van der Waals surface area contributed by atoms with Crippen LogP contribution in [0.15, 0.2) is 96.2 Å². The van der Waals surface area contributed by atoms with E-state index in [1.807, 2.05) is 6.20 Å². The van der Waals surface area contributed by atoms with Crippen molar-refractivity contribution in [1.82, 2.24) is 4.98 Å². The summed E-state index contributed by atoms with van der Waals surface area (Å²) in [6, 6.07) is 29.9. The van der Waals surface area contributed by atoms with Crippen LogP contribution in [0.4, 0.5) is 0 Å². The Morgan fingerprint density at radius 2 is 1.56 bits per heavy atom. The van der Waals surface area contributed by atoms with Crippen molar-refractivity contribution < 1.29 is 30.0 Å². The van der Waals surface area contributed by atoms with Crippen LogP contribution in [-0.2, 0) is 30.3 Å². The third-order valence-electron chi connectivity index (χ3n) is 6.72. The molecule has 7 rings (SSSR count). The summed E-state index contributed by atoms with van der Waals surface area (Å²) in [5, 5.41) is 12.9.